The number of rotatable bonds is 6. The summed E-state index contributed by atoms with van der Waals surface area (Å²) in [4.78, 5) is 13.2. The van der Waals surface area contributed by atoms with Gasteiger partial charge in [-0.05, 0) is 32.0 Å². The molecule has 2 N–H and O–H groups in total. The Morgan fingerprint density at radius 3 is 2.94 bits per heavy atom. The standard InChI is InChI=1S/C12H18N2O3/c15-12(16)11-10(3-8-17-11)9-13-4-7-14-5-1-2-6-14/h3,8,13H,1-2,4-7,9H2,(H,15,16). The molecule has 94 valence electrons. The number of carboxylic acid groups (broad SMARTS) is 1. The van der Waals surface area contributed by atoms with E-state index < -0.39 is 5.97 Å². The minimum absolute atomic E-state index is 0.0404. The summed E-state index contributed by atoms with van der Waals surface area (Å²) in [5.41, 5.74) is 0.707. The monoisotopic (exact) mass is 238 g/mol. The molecule has 0 amide bonds. The van der Waals surface area contributed by atoms with Gasteiger partial charge in [-0.3, -0.25) is 0 Å². The van der Waals surface area contributed by atoms with Crippen molar-refractivity contribution in [3.05, 3.63) is 23.7 Å². The highest BCUT2D eigenvalue weighted by atomic mass is 16.4. The van der Waals surface area contributed by atoms with Crippen LogP contribution in [0.15, 0.2) is 16.7 Å². The van der Waals surface area contributed by atoms with Crippen LogP contribution < -0.4 is 5.32 Å². The predicted octanol–water partition coefficient (Wildman–Crippen LogP) is 1.16. The highest BCUT2D eigenvalue weighted by molar-refractivity contribution is 5.86. The van der Waals surface area contributed by atoms with Gasteiger partial charge in [-0.15, -0.1) is 0 Å². The van der Waals surface area contributed by atoms with Gasteiger partial charge in [0.25, 0.3) is 0 Å². The van der Waals surface area contributed by atoms with Crippen molar-refractivity contribution in [3.8, 4) is 0 Å². The second-order valence-corrected chi connectivity index (χ2v) is 4.31. The third-order valence-electron chi connectivity index (χ3n) is 3.06. The van der Waals surface area contributed by atoms with E-state index in [4.69, 9.17) is 9.52 Å². The van der Waals surface area contributed by atoms with Gasteiger partial charge in [0.05, 0.1) is 6.26 Å². The molecule has 1 aliphatic rings. The molecule has 0 radical (unpaired) electrons. The lowest BCUT2D eigenvalue weighted by atomic mass is 10.2. The second-order valence-electron chi connectivity index (χ2n) is 4.31. The molecule has 1 saturated heterocycles. The van der Waals surface area contributed by atoms with Crippen molar-refractivity contribution in [2.75, 3.05) is 26.2 Å². The van der Waals surface area contributed by atoms with Gasteiger partial charge < -0.3 is 19.7 Å². The van der Waals surface area contributed by atoms with E-state index in [0.29, 0.717) is 12.1 Å². The molecule has 0 aliphatic carbocycles. The van der Waals surface area contributed by atoms with E-state index in [-0.39, 0.29) is 5.76 Å². The van der Waals surface area contributed by atoms with Gasteiger partial charge in [0.1, 0.15) is 0 Å². The number of likely N-dealkylation sites (tertiary alicyclic amines) is 1. The first kappa shape index (κ1) is 12.1. The lowest BCUT2D eigenvalue weighted by Crippen LogP contribution is -2.29. The van der Waals surface area contributed by atoms with Crippen molar-refractivity contribution in [2.24, 2.45) is 0 Å². The quantitative estimate of drug-likeness (QED) is 0.728. The van der Waals surface area contributed by atoms with E-state index >= 15 is 0 Å². The van der Waals surface area contributed by atoms with Gasteiger partial charge in [-0.25, -0.2) is 4.79 Å². The Labute approximate surface area is 100 Å². The Morgan fingerprint density at radius 2 is 2.24 bits per heavy atom. The number of carbonyl (C=O) groups is 1. The molecule has 0 atom stereocenters. The smallest absolute Gasteiger partial charge is 0.372 e. The summed E-state index contributed by atoms with van der Waals surface area (Å²) in [5, 5.41) is 12.1. The fourth-order valence-corrected chi connectivity index (χ4v) is 2.13. The highest BCUT2D eigenvalue weighted by Gasteiger charge is 2.14. The molecule has 1 aromatic rings. The van der Waals surface area contributed by atoms with Gasteiger partial charge in [0.15, 0.2) is 0 Å². The molecule has 0 unspecified atom stereocenters. The van der Waals surface area contributed by atoms with Gasteiger partial charge in [-0.2, -0.15) is 0 Å². The molecule has 1 aliphatic heterocycles. The van der Waals surface area contributed by atoms with Crippen LogP contribution in [0, 0.1) is 0 Å². The Hall–Kier alpha value is -1.33. The summed E-state index contributed by atoms with van der Waals surface area (Å²) in [6.07, 6.45) is 4.01. The number of carboxylic acids is 1. The Bertz CT molecular complexity index is 370. The zero-order valence-electron chi connectivity index (χ0n) is 9.82. The lowest BCUT2D eigenvalue weighted by molar-refractivity contribution is 0.0660. The zero-order chi connectivity index (χ0) is 12.1. The molecule has 0 aromatic carbocycles. The zero-order valence-corrected chi connectivity index (χ0v) is 9.82. The number of hydrogen-bond acceptors (Lipinski definition) is 4. The van der Waals surface area contributed by atoms with E-state index in [1.54, 1.807) is 6.07 Å². The molecule has 17 heavy (non-hydrogen) atoms. The molecule has 2 heterocycles. The van der Waals surface area contributed by atoms with Crippen molar-refractivity contribution in [3.63, 3.8) is 0 Å². The van der Waals surface area contributed by atoms with Crippen LogP contribution in [0.2, 0.25) is 0 Å². The molecule has 0 spiro atoms. The predicted molar refractivity (Wildman–Crippen MR) is 63.0 cm³/mol. The summed E-state index contributed by atoms with van der Waals surface area (Å²) >= 11 is 0. The average molecular weight is 238 g/mol. The van der Waals surface area contributed by atoms with Crippen molar-refractivity contribution in [1.82, 2.24) is 10.2 Å². The van der Waals surface area contributed by atoms with E-state index in [0.717, 1.165) is 13.1 Å². The number of furan rings is 1. The summed E-state index contributed by atoms with van der Waals surface area (Å²) in [7, 11) is 0. The van der Waals surface area contributed by atoms with Gasteiger partial charge >= 0.3 is 5.97 Å². The highest BCUT2D eigenvalue weighted by Crippen LogP contribution is 2.10. The summed E-state index contributed by atoms with van der Waals surface area (Å²) in [6.45, 7) is 4.83. The van der Waals surface area contributed by atoms with Crippen molar-refractivity contribution < 1.29 is 14.3 Å². The van der Waals surface area contributed by atoms with Crippen LogP contribution in [-0.4, -0.2) is 42.2 Å². The van der Waals surface area contributed by atoms with E-state index in [9.17, 15) is 4.79 Å². The maximum atomic E-state index is 10.8. The Balaban J connectivity index is 1.70. The summed E-state index contributed by atoms with van der Waals surface area (Å²) in [6, 6.07) is 1.70. The molecule has 5 nitrogen and oxygen atoms in total. The summed E-state index contributed by atoms with van der Waals surface area (Å²) < 4.78 is 4.91. The van der Waals surface area contributed by atoms with Gasteiger partial charge in [0, 0.05) is 25.2 Å². The normalized spacial score (nSPS) is 16.5. The fraction of sp³-hybridized carbons (Fsp3) is 0.583. The minimum atomic E-state index is -1.01. The largest absolute Gasteiger partial charge is 0.475 e. The molecule has 1 fully saturated rings. The molecule has 0 saturated carbocycles. The van der Waals surface area contributed by atoms with Gasteiger partial charge in [-0.1, -0.05) is 0 Å². The van der Waals surface area contributed by atoms with Crippen LogP contribution in [0.5, 0.6) is 0 Å². The Kier molecular flexibility index (Phi) is 4.17. The van der Waals surface area contributed by atoms with E-state index in [2.05, 4.69) is 10.2 Å². The van der Waals surface area contributed by atoms with Crippen LogP contribution in [0.4, 0.5) is 0 Å². The first-order chi connectivity index (χ1) is 8.27. The van der Waals surface area contributed by atoms with E-state index in [1.165, 1.54) is 32.2 Å². The first-order valence-electron chi connectivity index (χ1n) is 6.00. The number of aromatic carboxylic acids is 1. The summed E-state index contributed by atoms with van der Waals surface area (Å²) in [5.74, 6) is -0.968. The minimum Gasteiger partial charge on any atom is -0.475 e. The molecule has 2 rings (SSSR count). The third-order valence-corrected chi connectivity index (χ3v) is 3.06. The maximum Gasteiger partial charge on any atom is 0.372 e. The van der Waals surface area contributed by atoms with Crippen molar-refractivity contribution in [2.45, 2.75) is 19.4 Å². The van der Waals surface area contributed by atoms with E-state index in [1.807, 2.05) is 0 Å². The molecule has 5 heteroatoms. The van der Waals surface area contributed by atoms with Crippen LogP contribution in [0.1, 0.15) is 29.0 Å². The third kappa shape index (κ3) is 3.31. The van der Waals surface area contributed by atoms with Crippen LogP contribution >= 0.6 is 0 Å². The van der Waals surface area contributed by atoms with Crippen LogP contribution in [0.3, 0.4) is 0 Å². The average Bonchev–Trinajstić information content (AvgIpc) is 2.95. The van der Waals surface area contributed by atoms with Crippen LogP contribution in [-0.2, 0) is 6.54 Å². The number of nitrogens with one attached hydrogen (secondary N) is 1. The SMILES string of the molecule is O=C(O)c1occc1CNCCN1CCCC1. The first-order valence-corrected chi connectivity index (χ1v) is 6.00. The van der Waals surface area contributed by atoms with Crippen molar-refractivity contribution in [1.29, 1.82) is 0 Å². The molecular formula is C12H18N2O3. The maximum absolute atomic E-state index is 10.8. The van der Waals surface area contributed by atoms with Crippen molar-refractivity contribution >= 4 is 5.97 Å². The number of hydrogen-bond donors (Lipinski definition) is 2. The van der Waals surface area contributed by atoms with Crippen LogP contribution in [0.25, 0.3) is 0 Å². The number of nitrogens with zero attached hydrogens (tertiary/aromatic N) is 1. The second kappa shape index (κ2) is 5.84. The topological polar surface area (TPSA) is 65.7 Å². The molecule has 0 bridgehead atoms. The molecular weight excluding hydrogens is 220 g/mol. The molecule has 1 aromatic heterocycles. The lowest BCUT2D eigenvalue weighted by Gasteiger charge is -2.14. The van der Waals surface area contributed by atoms with Gasteiger partial charge in [0.2, 0.25) is 5.76 Å². The fourth-order valence-electron chi connectivity index (χ4n) is 2.13. The Morgan fingerprint density at radius 1 is 1.47 bits per heavy atom.